The summed E-state index contributed by atoms with van der Waals surface area (Å²) in [6, 6.07) is 5.50. The van der Waals surface area contributed by atoms with Crippen LogP contribution in [-0.4, -0.2) is 10.5 Å². The molecule has 0 aliphatic rings. The Morgan fingerprint density at radius 1 is 1.30 bits per heavy atom. The molecule has 49 valence electrons. The van der Waals surface area contributed by atoms with E-state index >= 15 is 0 Å². The van der Waals surface area contributed by atoms with E-state index in [1.165, 1.54) is 0 Å². The number of hydrogen-bond acceptors (Lipinski definition) is 2. The minimum Gasteiger partial charge on any atom is -0.760 e. The van der Waals surface area contributed by atoms with Gasteiger partial charge in [0, 0.05) is 24.8 Å². The average molecular weight is 202 g/mol. The summed E-state index contributed by atoms with van der Waals surface area (Å²) in [5.41, 5.74) is 0. The fourth-order valence-corrected chi connectivity index (χ4v) is 0.487. The van der Waals surface area contributed by atoms with Gasteiger partial charge >= 0.3 is 29.6 Å². The first kappa shape index (κ1) is 17.1. The molecule has 0 aromatic carbocycles. The third kappa shape index (κ3) is 7.03. The quantitative estimate of drug-likeness (QED) is 0.336. The third-order valence-electron chi connectivity index (χ3n) is 0.638. The predicted octanol–water partition coefficient (Wildman–Crippen LogP) is -2.84. The van der Waals surface area contributed by atoms with Gasteiger partial charge in [0.05, 0.1) is 0 Å². The van der Waals surface area contributed by atoms with Crippen LogP contribution in [0.25, 0.3) is 0 Å². The van der Waals surface area contributed by atoms with Crippen molar-refractivity contribution in [2.24, 2.45) is 0 Å². The summed E-state index contributed by atoms with van der Waals surface area (Å²) in [5, 5.41) is 0.655. The molecule has 1 radical (unpaired) electrons. The minimum absolute atomic E-state index is 0. The molecule has 0 saturated carbocycles. The molecule has 0 atom stereocenters. The van der Waals surface area contributed by atoms with Gasteiger partial charge in [0.1, 0.15) is 0 Å². The predicted molar refractivity (Wildman–Crippen MR) is 33.5 cm³/mol. The van der Waals surface area contributed by atoms with Crippen molar-refractivity contribution in [2.45, 2.75) is 5.03 Å². The fraction of sp³-hybridized carbons (Fsp3) is 0. The zero-order chi connectivity index (χ0) is 5.11. The molecule has 0 spiro atoms. The van der Waals surface area contributed by atoms with Gasteiger partial charge in [0.25, 0.3) is 0 Å². The van der Waals surface area contributed by atoms with E-state index in [9.17, 15) is 0 Å². The van der Waals surface area contributed by atoms with Crippen molar-refractivity contribution in [3.8, 4) is 0 Å². The van der Waals surface area contributed by atoms with Gasteiger partial charge in [-0.25, -0.2) is 0 Å². The monoisotopic (exact) mass is 202 g/mol. The second kappa shape index (κ2) is 9.91. The standard InChI is InChI=1S/C5H5NS.Na.H2O.V/c7-5-3-1-2-4-6-5;;;/h1-4H,(H,6,7);;1H2;/q;+1;;/p-1. The molecule has 0 aliphatic heterocycles. The molecule has 5 heteroatoms. The molecule has 0 saturated heterocycles. The van der Waals surface area contributed by atoms with E-state index in [1.807, 2.05) is 12.1 Å². The largest absolute Gasteiger partial charge is 1.00 e. The molecule has 10 heavy (non-hydrogen) atoms. The molecular formula is C5H6NNaOSV. The summed E-state index contributed by atoms with van der Waals surface area (Å²) in [5.74, 6) is 0. The van der Waals surface area contributed by atoms with Gasteiger partial charge < -0.3 is 18.1 Å². The van der Waals surface area contributed by atoms with Crippen LogP contribution in [0.2, 0.25) is 0 Å². The van der Waals surface area contributed by atoms with Crippen LogP contribution in [0.3, 0.4) is 0 Å². The van der Waals surface area contributed by atoms with Crippen molar-refractivity contribution in [1.82, 2.24) is 4.98 Å². The molecule has 0 bridgehead atoms. The zero-order valence-corrected chi connectivity index (χ0v) is 9.83. The van der Waals surface area contributed by atoms with Crippen LogP contribution in [0, 0.1) is 0 Å². The van der Waals surface area contributed by atoms with Crippen LogP contribution in [0.5, 0.6) is 0 Å². The number of nitrogens with zero attached hydrogens (tertiary/aromatic N) is 1. The van der Waals surface area contributed by atoms with Crippen molar-refractivity contribution in [2.75, 3.05) is 0 Å². The molecule has 1 rings (SSSR count). The third-order valence-corrected chi connectivity index (χ3v) is 0.879. The first-order valence-electron chi connectivity index (χ1n) is 1.97. The van der Waals surface area contributed by atoms with Crippen molar-refractivity contribution >= 4 is 12.6 Å². The molecule has 2 N–H and O–H groups in total. The molecule has 0 aliphatic carbocycles. The van der Waals surface area contributed by atoms with Crippen LogP contribution >= 0.6 is 0 Å². The van der Waals surface area contributed by atoms with E-state index in [0.29, 0.717) is 5.03 Å². The van der Waals surface area contributed by atoms with Crippen LogP contribution in [0.4, 0.5) is 0 Å². The second-order valence-corrected chi connectivity index (χ2v) is 1.59. The Balaban J connectivity index is -0.000000163. The molecule has 1 aromatic rings. The fourth-order valence-electron chi connectivity index (χ4n) is 0.347. The van der Waals surface area contributed by atoms with Crippen LogP contribution in [0.15, 0.2) is 29.4 Å². The van der Waals surface area contributed by atoms with Crippen molar-refractivity contribution in [3.63, 3.8) is 0 Å². The Hall–Kier alpha value is 0.914. The average Bonchev–Trinajstić information content (AvgIpc) is 1.69. The Kier molecular flexibility index (Phi) is 17.0. The number of rotatable bonds is 0. The first-order valence-corrected chi connectivity index (χ1v) is 2.38. The van der Waals surface area contributed by atoms with Gasteiger partial charge in [-0.05, 0) is 6.07 Å². The van der Waals surface area contributed by atoms with Gasteiger partial charge in [0.15, 0.2) is 0 Å². The summed E-state index contributed by atoms with van der Waals surface area (Å²) in [7, 11) is 0. The van der Waals surface area contributed by atoms with E-state index in [0.717, 1.165) is 0 Å². The minimum atomic E-state index is 0. The Bertz CT molecular complexity index is 152. The van der Waals surface area contributed by atoms with Crippen LogP contribution in [-0.2, 0) is 31.2 Å². The number of hydrogen-bond donors (Lipinski definition) is 0. The SMILES string of the molecule is O.[Na+].[S-]c1ccccn1.[V]. The van der Waals surface area contributed by atoms with Crippen LogP contribution in [0.1, 0.15) is 0 Å². The maximum atomic E-state index is 4.70. The van der Waals surface area contributed by atoms with Gasteiger partial charge in [-0.3, -0.25) is 4.98 Å². The van der Waals surface area contributed by atoms with Gasteiger partial charge in [-0.2, -0.15) is 0 Å². The Morgan fingerprint density at radius 2 is 1.90 bits per heavy atom. The zero-order valence-electron chi connectivity index (χ0n) is 5.61. The maximum absolute atomic E-state index is 4.70. The van der Waals surface area contributed by atoms with Gasteiger partial charge in [0.2, 0.25) is 0 Å². The Labute approximate surface area is 99.7 Å². The topological polar surface area (TPSA) is 44.4 Å². The van der Waals surface area contributed by atoms with Gasteiger partial charge in [-0.1, -0.05) is 17.2 Å². The molecule has 2 nitrogen and oxygen atoms in total. The molecule has 0 fully saturated rings. The van der Waals surface area contributed by atoms with Crippen LogP contribution < -0.4 is 29.6 Å². The Morgan fingerprint density at radius 3 is 2.10 bits per heavy atom. The molecule has 1 heterocycles. The maximum Gasteiger partial charge on any atom is 1.00 e. The van der Waals surface area contributed by atoms with E-state index in [2.05, 4.69) is 4.98 Å². The van der Waals surface area contributed by atoms with E-state index in [1.54, 1.807) is 12.3 Å². The van der Waals surface area contributed by atoms with E-state index in [4.69, 9.17) is 12.6 Å². The van der Waals surface area contributed by atoms with E-state index in [-0.39, 0.29) is 53.6 Å². The smallest absolute Gasteiger partial charge is 0.760 e. The molecular weight excluding hydrogens is 196 g/mol. The summed E-state index contributed by atoms with van der Waals surface area (Å²) in [6.07, 6.45) is 1.68. The summed E-state index contributed by atoms with van der Waals surface area (Å²) in [4.78, 5) is 3.79. The summed E-state index contributed by atoms with van der Waals surface area (Å²) >= 11 is 4.70. The first-order chi connectivity index (χ1) is 3.39. The summed E-state index contributed by atoms with van der Waals surface area (Å²) in [6.45, 7) is 0. The van der Waals surface area contributed by atoms with Crippen molar-refractivity contribution in [3.05, 3.63) is 24.4 Å². The second-order valence-electron chi connectivity index (χ2n) is 1.17. The molecule has 1 aromatic heterocycles. The number of aromatic nitrogens is 1. The molecule has 0 amide bonds. The van der Waals surface area contributed by atoms with Crippen molar-refractivity contribution < 1.29 is 53.6 Å². The summed E-state index contributed by atoms with van der Waals surface area (Å²) < 4.78 is 0. The van der Waals surface area contributed by atoms with Gasteiger partial charge in [-0.15, -0.1) is 0 Å². The normalized spacial score (nSPS) is 6.00. The van der Waals surface area contributed by atoms with Crippen molar-refractivity contribution in [1.29, 1.82) is 0 Å². The molecule has 0 unspecified atom stereocenters. The van der Waals surface area contributed by atoms with E-state index < -0.39 is 0 Å². The number of pyridine rings is 1.